The Kier molecular flexibility index (Phi) is 3.20. The van der Waals surface area contributed by atoms with E-state index in [0.29, 0.717) is 5.56 Å². The topological polar surface area (TPSA) is 20.2 Å². The largest absolute Gasteiger partial charge is 0.383 e. The molecule has 0 aliphatic rings. The molecule has 1 N–H and O–H groups in total. The van der Waals surface area contributed by atoms with Crippen molar-refractivity contribution in [1.82, 2.24) is 0 Å². The monoisotopic (exact) mass is 270 g/mol. The van der Waals surface area contributed by atoms with E-state index in [1.165, 1.54) is 6.07 Å². The molecule has 0 heterocycles. The maximum absolute atomic E-state index is 13.8. The normalized spacial score (nSPS) is 12.6. The van der Waals surface area contributed by atoms with Gasteiger partial charge in [0.05, 0.1) is 5.56 Å². The van der Waals surface area contributed by atoms with Crippen molar-refractivity contribution in [1.29, 1.82) is 0 Å². The van der Waals surface area contributed by atoms with Crippen LogP contribution in [0.3, 0.4) is 0 Å². The molecule has 0 aliphatic carbocycles. The zero-order valence-electron chi connectivity index (χ0n) is 10.6. The Morgan fingerprint density at radius 1 is 0.750 bits per heavy atom. The highest BCUT2D eigenvalue weighted by Gasteiger charge is 2.20. The molecule has 0 bridgehead atoms. The molecule has 100 valence electrons. The summed E-state index contributed by atoms with van der Waals surface area (Å²) in [4.78, 5) is 0. The SMILES string of the molecule is OC(c1c(F)cccc1F)c1cccc2ccccc12. The molecule has 0 spiro atoms. The van der Waals surface area contributed by atoms with E-state index in [-0.39, 0.29) is 5.56 Å². The fourth-order valence-corrected chi connectivity index (χ4v) is 2.42. The average molecular weight is 270 g/mol. The average Bonchev–Trinajstić information content (AvgIpc) is 2.46. The molecule has 3 rings (SSSR count). The lowest BCUT2D eigenvalue weighted by molar-refractivity contribution is 0.210. The van der Waals surface area contributed by atoms with Crippen LogP contribution in [0.1, 0.15) is 17.2 Å². The molecule has 0 radical (unpaired) electrons. The summed E-state index contributed by atoms with van der Waals surface area (Å²) in [5.41, 5.74) is 0.177. The lowest BCUT2D eigenvalue weighted by Crippen LogP contribution is -2.06. The van der Waals surface area contributed by atoms with Crippen LogP contribution in [0.25, 0.3) is 10.8 Å². The number of aliphatic hydroxyl groups excluding tert-OH is 1. The molecule has 0 amide bonds. The first kappa shape index (κ1) is 12.8. The van der Waals surface area contributed by atoms with E-state index in [2.05, 4.69) is 0 Å². The Hall–Kier alpha value is -2.26. The second-order valence-electron chi connectivity index (χ2n) is 4.61. The molecule has 0 aliphatic heterocycles. The number of halogens is 2. The predicted molar refractivity (Wildman–Crippen MR) is 74.4 cm³/mol. The lowest BCUT2D eigenvalue weighted by atomic mass is 9.95. The maximum Gasteiger partial charge on any atom is 0.132 e. The summed E-state index contributed by atoms with van der Waals surface area (Å²) in [7, 11) is 0. The third kappa shape index (κ3) is 2.06. The van der Waals surface area contributed by atoms with Crippen molar-refractivity contribution < 1.29 is 13.9 Å². The van der Waals surface area contributed by atoms with Gasteiger partial charge in [-0.2, -0.15) is 0 Å². The molecule has 0 aromatic heterocycles. The van der Waals surface area contributed by atoms with Crippen LogP contribution in [0.4, 0.5) is 8.78 Å². The van der Waals surface area contributed by atoms with Crippen LogP contribution in [0.15, 0.2) is 60.7 Å². The highest BCUT2D eigenvalue weighted by molar-refractivity contribution is 5.86. The summed E-state index contributed by atoms with van der Waals surface area (Å²) >= 11 is 0. The van der Waals surface area contributed by atoms with E-state index in [0.717, 1.165) is 22.9 Å². The Labute approximate surface area is 115 Å². The van der Waals surface area contributed by atoms with Crippen LogP contribution >= 0.6 is 0 Å². The Bertz CT molecular complexity index is 742. The van der Waals surface area contributed by atoms with Crippen LogP contribution in [0.5, 0.6) is 0 Å². The van der Waals surface area contributed by atoms with Crippen LogP contribution < -0.4 is 0 Å². The zero-order chi connectivity index (χ0) is 14.1. The van der Waals surface area contributed by atoms with Gasteiger partial charge in [0.15, 0.2) is 0 Å². The van der Waals surface area contributed by atoms with E-state index in [4.69, 9.17) is 0 Å². The second-order valence-corrected chi connectivity index (χ2v) is 4.61. The highest BCUT2D eigenvalue weighted by atomic mass is 19.1. The van der Waals surface area contributed by atoms with Gasteiger partial charge in [-0.15, -0.1) is 0 Å². The van der Waals surface area contributed by atoms with E-state index in [1.807, 2.05) is 30.3 Å². The number of benzene rings is 3. The molecule has 1 atom stereocenters. The van der Waals surface area contributed by atoms with Crippen molar-refractivity contribution in [2.45, 2.75) is 6.10 Å². The summed E-state index contributed by atoms with van der Waals surface area (Å²) in [6.45, 7) is 0. The van der Waals surface area contributed by atoms with Crippen molar-refractivity contribution in [2.75, 3.05) is 0 Å². The molecular formula is C17H12F2O. The molecule has 20 heavy (non-hydrogen) atoms. The number of hydrogen-bond donors (Lipinski definition) is 1. The minimum atomic E-state index is -1.33. The Morgan fingerprint density at radius 2 is 1.35 bits per heavy atom. The number of fused-ring (bicyclic) bond motifs is 1. The number of aliphatic hydroxyl groups is 1. The molecule has 0 fully saturated rings. The second kappa shape index (κ2) is 5.02. The Morgan fingerprint density at radius 3 is 2.10 bits per heavy atom. The lowest BCUT2D eigenvalue weighted by Gasteiger charge is -2.15. The first-order valence-corrected chi connectivity index (χ1v) is 6.28. The molecule has 3 aromatic carbocycles. The molecule has 3 heteroatoms. The van der Waals surface area contributed by atoms with Crippen molar-refractivity contribution >= 4 is 10.8 Å². The van der Waals surface area contributed by atoms with Gasteiger partial charge >= 0.3 is 0 Å². The molecular weight excluding hydrogens is 258 g/mol. The van der Waals surface area contributed by atoms with Crippen molar-refractivity contribution in [3.8, 4) is 0 Å². The third-order valence-corrected chi connectivity index (χ3v) is 3.39. The van der Waals surface area contributed by atoms with Crippen LogP contribution in [0.2, 0.25) is 0 Å². The predicted octanol–water partition coefficient (Wildman–Crippen LogP) is 4.20. The highest BCUT2D eigenvalue weighted by Crippen LogP contribution is 2.31. The first-order chi connectivity index (χ1) is 9.68. The Balaban J connectivity index is 2.21. The van der Waals surface area contributed by atoms with Crippen molar-refractivity contribution in [3.63, 3.8) is 0 Å². The van der Waals surface area contributed by atoms with E-state index >= 15 is 0 Å². The quantitative estimate of drug-likeness (QED) is 0.740. The van der Waals surface area contributed by atoms with Gasteiger partial charge in [0.1, 0.15) is 17.7 Å². The summed E-state index contributed by atoms with van der Waals surface area (Å²) in [5.74, 6) is -1.49. The number of rotatable bonds is 2. The summed E-state index contributed by atoms with van der Waals surface area (Å²) in [5, 5.41) is 12.1. The van der Waals surface area contributed by atoms with Crippen LogP contribution in [-0.4, -0.2) is 5.11 Å². The minimum absolute atomic E-state index is 0.316. The van der Waals surface area contributed by atoms with Gasteiger partial charge in [-0.1, -0.05) is 48.5 Å². The first-order valence-electron chi connectivity index (χ1n) is 6.28. The fourth-order valence-electron chi connectivity index (χ4n) is 2.42. The van der Waals surface area contributed by atoms with Gasteiger partial charge in [0.25, 0.3) is 0 Å². The minimum Gasteiger partial charge on any atom is -0.383 e. The van der Waals surface area contributed by atoms with Gasteiger partial charge < -0.3 is 5.11 Å². The summed E-state index contributed by atoms with van der Waals surface area (Å²) in [6.07, 6.45) is -1.33. The number of hydrogen-bond acceptors (Lipinski definition) is 1. The van der Waals surface area contributed by atoms with E-state index in [1.54, 1.807) is 12.1 Å². The summed E-state index contributed by atoms with van der Waals surface area (Å²) in [6, 6.07) is 16.3. The summed E-state index contributed by atoms with van der Waals surface area (Å²) < 4.78 is 27.6. The maximum atomic E-state index is 13.8. The molecule has 0 saturated heterocycles. The van der Waals surface area contributed by atoms with Gasteiger partial charge in [-0.25, -0.2) is 8.78 Å². The molecule has 1 nitrogen and oxygen atoms in total. The van der Waals surface area contributed by atoms with E-state index in [9.17, 15) is 13.9 Å². The third-order valence-electron chi connectivity index (χ3n) is 3.39. The van der Waals surface area contributed by atoms with Gasteiger partial charge in [-0.3, -0.25) is 0 Å². The molecule has 3 aromatic rings. The fraction of sp³-hybridized carbons (Fsp3) is 0.0588. The van der Waals surface area contributed by atoms with E-state index < -0.39 is 17.7 Å². The molecule has 0 saturated carbocycles. The molecule has 1 unspecified atom stereocenters. The van der Waals surface area contributed by atoms with Crippen LogP contribution in [-0.2, 0) is 0 Å². The standard InChI is InChI=1S/C17H12F2O/c18-14-9-4-10-15(19)16(14)17(20)13-8-3-6-11-5-1-2-7-12(11)13/h1-10,17,20H. The van der Waals surface area contributed by atoms with Gasteiger partial charge in [-0.05, 0) is 28.5 Å². The smallest absolute Gasteiger partial charge is 0.132 e. The zero-order valence-corrected chi connectivity index (χ0v) is 10.6. The van der Waals surface area contributed by atoms with Gasteiger partial charge in [0.2, 0.25) is 0 Å². The van der Waals surface area contributed by atoms with Gasteiger partial charge in [0, 0.05) is 0 Å². The van der Waals surface area contributed by atoms with Crippen LogP contribution in [0, 0.1) is 11.6 Å². The van der Waals surface area contributed by atoms with Crippen molar-refractivity contribution in [2.24, 2.45) is 0 Å². The van der Waals surface area contributed by atoms with Crippen molar-refractivity contribution in [3.05, 3.63) is 83.4 Å².